The quantitative estimate of drug-likeness (QED) is 0.700. The van der Waals surface area contributed by atoms with Gasteiger partial charge in [0.15, 0.2) is 0 Å². The number of rotatable bonds is 5. The molecule has 6 heteroatoms. The molecule has 1 aliphatic heterocycles. The van der Waals surface area contributed by atoms with Gasteiger partial charge in [-0.25, -0.2) is 0 Å². The van der Waals surface area contributed by atoms with Crippen molar-refractivity contribution < 1.29 is 9.59 Å². The van der Waals surface area contributed by atoms with Gasteiger partial charge in [-0.05, 0) is 47.9 Å². The number of amides is 2. The average molecular weight is 404 g/mol. The van der Waals surface area contributed by atoms with E-state index in [4.69, 9.17) is 0 Å². The number of carbonyl (C=O) groups is 2. The number of aromatic nitrogens is 1. The van der Waals surface area contributed by atoms with Crippen LogP contribution in [0.25, 0.3) is 0 Å². The molecule has 1 aromatic heterocycles. The van der Waals surface area contributed by atoms with E-state index in [-0.39, 0.29) is 11.8 Å². The molecule has 2 heterocycles. The van der Waals surface area contributed by atoms with E-state index in [9.17, 15) is 9.59 Å². The maximum Gasteiger partial charge on any atom is 0.251 e. The monoisotopic (exact) mass is 403 g/mol. The summed E-state index contributed by atoms with van der Waals surface area (Å²) in [5.41, 5.74) is 4.52. The first-order chi connectivity index (χ1) is 14.1. The Hall–Kier alpha value is -3.12. The second-order valence-corrected chi connectivity index (χ2v) is 7.94. The van der Waals surface area contributed by atoms with Crippen LogP contribution in [0.5, 0.6) is 0 Å². The van der Waals surface area contributed by atoms with E-state index in [1.54, 1.807) is 17.3 Å². The Morgan fingerprint density at radius 1 is 1.17 bits per heavy atom. The molecule has 0 aliphatic carbocycles. The number of thioether (sulfide) groups is 1. The van der Waals surface area contributed by atoms with Gasteiger partial charge in [-0.3, -0.25) is 14.6 Å². The molecule has 1 aliphatic rings. The van der Waals surface area contributed by atoms with Crippen LogP contribution < -0.4 is 10.2 Å². The Morgan fingerprint density at radius 3 is 2.83 bits per heavy atom. The number of hydrogen-bond acceptors (Lipinski definition) is 4. The third-order valence-electron chi connectivity index (χ3n) is 4.93. The van der Waals surface area contributed by atoms with Gasteiger partial charge in [-0.15, -0.1) is 11.8 Å². The van der Waals surface area contributed by atoms with Gasteiger partial charge in [0.05, 0.1) is 18.0 Å². The van der Waals surface area contributed by atoms with Crippen LogP contribution in [0.2, 0.25) is 0 Å². The summed E-state index contributed by atoms with van der Waals surface area (Å²) in [7, 11) is 0. The van der Waals surface area contributed by atoms with E-state index in [1.165, 1.54) is 11.8 Å². The highest BCUT2D eigenvalue weighted by Crippen LogP contribution is 2.37. The number of aryl methyl sites for hydroxylation is 1. The number of pyridine rings is 1. The van der Waals surface area contributed by atoms with Crippen LogP contribution in [0.15, 0.2) is 71.9 Å². The topological polar surface area (TPSA) is 62.3 Å². The second-order valence-electron chi connectivity index (χ2n) is 6.92. The molecule has 0 bridgehead atoms. The van der Waals surface area contributed by atoms with Gasteiger partial charge in [0, 0.05) is 29.4 Å². The molecular formula is C23H21N3O2S. The normalized spacial score (nSPS) is 13.1. The highest BCUT2D eigenvalue weighted by atomic mass is 32.2. The van der Waals surface area contributed by atoms with Crippen LogP contribution in [0.1, 0.15) is 27.0 Å². The van der Waals surface area contributed by atoms with E-state index in [2.05, 4.69) is 10.3 Å². The number of benzene rings is 2. The number of carbonyl (C=O) groups excluding carboxylic acids is 2. The molecule has 1 N–H and O–H groups in total. The largest absolute Gasteiger partial charge is 0.348 e. The van der Waals surface area contributed by atoms with Crippen LogP contribution >= 0.6 is 11.8 Å². The smallest absolute Gasteiger partial charge is 0.251 e. The lowest BCUT2D eigenvalue weighted by Gasteiger charge is -2.30. The summed E-state index contributed by atoms with van der Waals surface area (Å²) in [6, 6.07) is 17.4. The predicted octanol–water partition coefficient (Wildman–Crippen LogP) is 3.96. The van der Waals surface area contributed by atoms with Crippen molar-refractivity contribution >= 4 is 29.3 Å². The van der Waals surface area contributed by atoms with E-state index >= 15 is 0 Å². The summed E-state index contributed by atoms with van der Waals surface area (Å²) in [6.45, 7) is 2.95. The number of fused-ring (bicyclic) bond motifs is 1. The van der Waals surface area contributed by atoms with Gasteiger partial charge >= 0.3 is 0 Å². The standard InChI is InChI=1S/C23H21N3O2S/c1-16-5-2-3-7-19(16)14-26-20-11-18(8-9-21(20)29-15-22(26)27)23(28)25-13-17-6-4-10-24-12-17/h2-12H,13-15H2,1H3,(H,25,28). The van der Waals surface area contributed by atoms with Crippen molar-refractivity contribution in [3.8, 4) is 0 Å². The Labute approximate surface area is 174 Å². The van der Waals surface area contributed by atoms with Crippen molar-refractivity contribution in [3.63, 3.8) is 0 Å². The lowest BCUT2D eigenvalue weighted by atomic mass is 10.1. The minimum atomic E-state index is -0.171. The molecule has 0 saturated heterocycles. The molecule has 0 unspecified atom stereocenters. The van der Waals surface area contributed by atoms with Gasteiger partial charge in [0.2, 0.25) is 5.91 Å². The summed E-state index contributed by atoms with van der Waals surface area (Å²) in [5.74, 6) is 0.292. The maximum atomic E-state index is 12.7. The van der Waals surface area contributed by atoms with Crippen molar-refractivity contribution in [3.05, 3.63) is 89.2 Å². The fraction of sp³-hybridized carbons (Fsp3) is 0.174. The molecule has 0 spiro atoms. The Bertz CT molecular complexity index is 1050. The lowest BCUT2D eigenvalue weighted by Crippen LogP contribution is -2.35. The fourth-order valence-electron chi connectivity index (χ4n) is 3.26. The Morgan fingerprint density at radius 2 is 2.03 bits per heavy atom. The molecule has 0 atom stereocenters. The Balaban J connectivity index is 1.57. The molecule has 0 saturated carbocycles. The van der Waals surface area contributed by atoms with Crippen LogP contribution in [-0.2, 0) is 17.9 Å². The molecule has 146 valence electrons. The number of nitrogens with zero attached hydrogens (tertiary/aromatic N) is 2. The van der Waals surface area contributed by atoms with Crippen molar-refractivity contribution in [2.24, 2.45) is 0 Å². The van der Waals surface area contributed by atoms with Crippen molar-refractivity contribution in [2.75, 3.05) is 10.7 Å². The van der Waals surface area contributed by atoms with Crippen LogP contribution in [-0.4, -0.2) is 22.6 Å². The number of hydrogen-bond donors (Lipinski definition) is 1. The minimum Gasteiger partial charge on any atom is -0.348 e. The first-order valence-electron chi connectivity index (χ1n) is 9.40. The van der Waals surface area contributed by atoms with E-state index < -0.39 is 0 Å². The average Bonchev–Trinajstić information content (AvgIpc) is 2.75. The van der Waals surface area contributed by atoms with Gasteiger partial charge in [0.1, 0.15) is 0 Å². The van der Waals surface area contributed by atoms with E-state index in [0.29, 0.717) is 24.4 Å². The molecule has 2 aromatic carbocycles. The Kier molecular flexibility index (Phi) is 5.62. The first kappa shape index (κ1) is 19.2. The van der Waals surface area contributed by atoms with E-state index in [1.807, 2.05) is 61.5 Å². The molecule has 29 heavy (non-hydrogen) atoms. The maximum absolute atomic E-state index is 12.7. The van der Waals surface area contributed by atoms with Crippen LogP contribution in [0, 0.1) is 6.92 Å². The van der Waals surface area contributed by atoms with Gasteiger partial charge in [-0.1, -0.05) is 30.3 Å². The first-order valence-corrected chi connectivity index (χ1v) is 10.4. The molecular weight excluding hydrogens is 382 g/mol. The third-order valence-corrected chi connectivity index (χ3v) is 5.98. The number of anilines is 1. The summed E-state index contributed by atoms with van der Waals surface area (Å²) in [5, 5.41) is 2.92. The molecule has 3 aromatic rings. The highest BCUT2D eigenvalue weighted by Gasteiger charge is 2.26. The van der Waals surface area contributed by atoms with Crippen molar-refractivity contribution in [2.45, 2.75) is 24.9 Å². The van der Waals surface area contributed by atoms with Gasteiger partial charge < -0.3 is 10.2 Å². The van der Waals surface area contributed by atoms with Gasteiger partial charge in [-0.2, -0.15) is 0 Å². The predicted molar refractivity (Wildman–Crippen MR) is 115 cm³/mol. The molecule has 5 nitrogen and oxygen atoms in total. The van der Waals surface area contributed by atoms with E-state index in [0.717, 1.165) is 27.3 Å². The fourth-order valence-corrected chi connectivity index (χ4v) is 4.18. The zero-order chi connectivity index (χ0) is 20.2. The summed E-state index contributed by atoms with van der Waals surface area (Å²) >= 11 is 1.51. The summed E-state index contributed by atoms with van der Waals surface area (Å²) in [4.78, 5) is 32.2. The molecule has 4 rings (SSSR count). The second kappa shape index (κ2) is 8.49. The zero-order valence-corrected chi connectivity index (χ0v) is 16.9. The van der Waals surface area contributed by atoms with Gasteiger partial charge in [0.25, 0.3) is 5.91 Å². The lowest BCUT2D eigenvalue weighted by molar-refractivity contribution is -0.116. The molecule has 0 fully saturated rings. The number of nitrogens with one attached hydrogen (secondary N) is 1. The third kappa shape index (κ3) is 4.32. The molecule has 2 amide bonds. The van der Waals surface area contributed by atoms with Crippen LogP contribution in [0.3, 0.4) is 0 Å². The SMILES string of the molecule is Cc1ccccc1CN1C(=O)CSc2ccc(C(=O)NCc3cccnc3)cc21. The van der Waals surface area contributed by atoms with Crippen molar-refractivity contribution in [1.82, 2.24) is 10.3 Å². The minimum absolute atomic E-state index is 0.0543. The van der Waals surface area contributed by atoms with Crippen LogP contribution in [0.4, 0.5) is 5.69 Å². The highest BCUT2D eigenvalue weighted by molar-refractivity contribution is 8.00. The molecule has 0 radical (unpaired) electrons. The summed E-state index contributed by atoms with van der Waals surface area (Å²) < 4.78 is 0. The summed E-state index contributed by atoms with van der Waals surface area (Å²) in [6.07, 6.45) is 3.43. The zero-order valence-electron chi connectivity index (χ0n) is 16.1. The van der Waals surface area contributed by atoms with Crippen molar-refractivity contribution in [1.29, 1.82) is 0 Å².